The van der Waals surface area contributed by atoms with Crippen LogP contribution in [0, 0.1) is 0 Å². The lowest BCUT2D eigenvalue weighted by atomic mass is 10.2. The first-order valence-corrected chi connectivity index (χ1v) is 4.59. The molecule has 0 aliphatic rings. The summed E-state index contributed by atoms with van der Waals surface area (Å²) in [5.41, 5.74) is 1.09. The van der Waals surface area contributed by atoms with Crippen LogP contribution in [-0.4, -0.2) is 11.2 Å². The molecule has 0 bridgehead atoms. The van der Waals surface area contributed by atoms with Crippen LogP contribution in [0.15, 0.2) is 34.8 Å². The molecule has 1 N–H and O–H groups in total. The second-order valence-corrected chi connectivity index (χ2v) is 3.57. The van der Waals surface area contributed by atoms with E-state index in [0.717, 1.165) is 10.0 Å². The van der Waals surface area contributed by atoms with E-state index >= 15 is 0 Å². The lowest BCUT2D eigenvalue weighted by Crippen LogP contribution is -1.91. The van der Waals surface area contributed by atoms with Gasteiger partial charge < -0.3 is 5.11 Å². The first-order valence-electron chi connectivity index (χ1n) is 3.80. The van der Waals surface area contributed by atoms with Gasteiger partial charge in [0.2, 0.25) is 0 Å². The molecule has 0 amide bonds. The van der Waals surface area contributed by atoms with E-state index < -0.39 is 0 Å². The molecular formula is C10H11BrO. The van der Waals surface area contributed by atoms with Crippen LogP contribution in [0.2, 0.25) is 0 Å². The number of hydrogen-bond acceptors (Lipinski definition) is 1. The zero-order chi connectivity index (χ0) is 8.97. The molecule has 0 saturated carbocycles. The zero-order valence-electron chi connectivity index (χ0n) is 6.87. The van der Waals surface area contributed by atoms with Crippen molar-refractivity contribution in [2.45, 2.75) is 13.0 Å². The monoisotopic (exact) mass is 226 g/mol. The van der Waals surface area contributed by atoms with Crippen molar-refractivity contribution in [1.29, 1.82) is 0 Å². The van der Waals surface area contributed by atoms with Crippen LogP contribution in [-0.2, 0) is 0 Å². The van der Waals surface area contributed by atoms with Gasteiger partial charge in [-0.3, -0.25) is 0 Å². The van der Waals surface area contributed by atoms with Gasteiger partial charge in [-0.05, 0) is 24.6 Å². The number of benzene rings is 1. The summed E-state index contributed by atoms with van der Waals surface area (Å²) in [4.78, 5) is 0. The Morgan fingerprint density at radius 1 is 1.50 bits per heavy atom. The normalized spacial score (nSPS) is 13.6. The Morgan fingerprint density at radius 2 is 2.25 bits per heavy atom. The van der Waals surface area contributed by atoms with E-state index in [1.807, 2.05) is 30.3 Å². The number of hydrogen-bond donors (Lipinski definition) is 1. The highest BCUT2D eigenvalue weighted by atomic mass is 79.9. The van der Waals surface area contributed by atoms with Crippen LogP contribution in [0.5, 0.6) is 0 Å². The molecule has 1 atom stereocenters. The molecule has 2 heteroatoms. The van der Waals surface area contributed by atoms with Crippen molar-refractivity contribution in [1.82, 2.24) is 0 Å². The molecule has 0 aliphatic heterocycles. The number of aliphatic hydroxyl groups is 1. The van der Waals surface area contributed by atoms with Crippen molar-refractivity contribution in [2.24, 2.45) is 0 Å². The summed E-state index contributed by atoms with van der Waals surface area (Å²) in [5, 5.41) is 8.98. The lowest BCUT2D eigenvalue weighted by molar-refractivity contribution is 0.245. The molecule has 64 valence electrons. The van der Waals surface area contributed by atoms with Crippen molar-refractivity contribution in [3.05, 3.63) is 40.4 Å². The Bertz CT molecular complexity index is 279. The fourth-order valence-corrected chi connectivity index (χ4v) is 1.28. The topological polar surface area (TPSA) is 20.2 Å². The quantitative estimate of drug-likeness (QED) is 0.823. The van der Waals surface area contributed by atoms with E-state index in [0.29, 0.717) is 0 Å². The van der Waals surface area contributed by atoms with Gasteiger partial charge >= 0.3 is 0 Å². The van der Waals surface area contributed by atoms with Gasteiger partial charge in [-0.25, -0.2) is 0 Å². The largest absolute Gasteiger partial charge is 0.389 e. The highest BCUT2D eigenvalue weighted by Crippen LogP contribution is 2.12. The molecule has 0 heterocycles. The van der Waals surface area contributed by atoms with Gasteiger partial charge in [0.25, 0.3) is 0 Å². The third kappa shape index (κ3) is 3.20. The Morgan fingerprint density at radius 3 is 2.83 bits per heavy atom. The van der Waals surface area contributed by atoms with Crippen molar-refractivity contribution in [3.63, 3.8) is 0 Å². The summed E-state index contributed by atoms with van der Waals surface area (Å²) in [6.07, 6.45) is 3.26. The Balaban J connectivity index is 2.76. The molecule has 1 aromatic rings. The van der Waals surface area contributed by atoms with E-state index in [9.17, 15) is 0 Å². The Labute approximate surface area is 80.9 Å². The average Bonchev–Trinajstić information content (AvgIpc) is 2.01. The second kappa shape index (κ2) is 4.43. The number of rotatable bonds is 2. The molecule has 1 nitrogen and oxygen atoms in total. The van der Waals surface area contributed by atoms with E-state index in [1.165, 1.54) is 0 Å². The van der Waals surface area contributed by atoms with E-state index in [-0.39, 0.29) is 6.10 Å². The summed E-state index contributed by atoms with van der Waals surface area (Å²) >= 11 is 3.37. The predicted molar refractivity (Wildman–Crippen MR) is 54.9 cm³/mol. The highest BCUT2D eigenvalue weighted by molar-refractivity contribution is 9.10. The third-order valence-corrected chi connectivity index (χ3v) is 1.91. The smallest absolute Gasteiger partial charge is 0.0696 e. The summed E-state index contributed by atoms with van der Waals surface area (Å²) in [5.74, 6) is 0. The molecule has 0 fully saturated rings. The number of halogens is 1. The van der Waals surface area contributed by atoms with Crippen molar-refractivity contribution in [2.75, 3.05) is 0 Å². The first-order chi connectivity index (χ1) is 5.68. The summed E-state index contributed by atoms with van der Waals surface area (Å²) in [7, 11) is 0. The molecule has 1 aromatic carbocycles. The molecule has 0 aromatic heterocycles. The Hall–Kier alpha value is -0.600. The zero-order valence-corrected chi connectivity index (χ0v) is 8.45. The summed E-state index contributed by atoms with van der Waals surface area (Å²) in [6.45, 7) is 1.73. The fourth-order valence-electron chi connectivity index (χ4n) is 0.861. The van der Waals surface area contributed by atoms with Gasteiger partial charge in [-0.15, -0.1) is 0 Å². The maximum atomic E-state index is 8.98. The summed E-state index contributed by atoms with van der Waals surface area (Å²) in [6, 6.07) is 7.92. The van der Waals surface area contributed by atoms with Gasteiger partial charge in [0.1, 0.15) is 0 Å². The van der Waals surface area contributed by atoms with Gasteiger partial charge in [-0.1, -0.05) is 40.2 Å². The van der Waals surface area contributed by atoms with Gasteiger partial charge in [0.15, 0.2) is 0 Å². The van der Waals surface area contributed by atoms with Crippen LogP contribution in [0.3, 0.4) is 0 Å². The predicted octanol–water partition coefficient (Wildman–Crippen LogP) is 2.84. The van der Waals surface area contributed by atoms with Crippen LogP contribution >= 0.6 is 15.9 Å². The molecule has 12 heavy (non-hydrogen) atoms. The van der Waals surface area contributed by atoms with Crippen molar-refractivity contribution < 1.29 is 5.11 Å². The minimum absolute atomic E-state index is 0.385. The fraction of sp³-hybridized carbons (Fsp3) is 0.200. The first kappa shape index (κ1) is 9.49. The van der Waals surface area contributed by atoms with E-state index in [1.54, 1.807) is 13.0 Å². The van der Waals surface area contributed by atoms with Gasteiger partial charge in [-0.2, -0.15) is 0 Å². The molecule has 1 unspecified atom stereocenters. The van der Waals surface area contributed by atoms with Crippen LogP contribution in [0.1, 0.15) is 12.5 Å². The maximum absolute atomic E-state index is 8.98. The molecular weight excluding hydrogens is 216 g/mol. The molecule has 0 radical (unpaired) electrons. The third-order valence-electron chi connectivity index (χ3n) is 1.42. The highest BCUT2D eigenvalue weighted by Gasteiger charge is 1.89. The van der Waals surface area contributed by atoms with Gasteiger partial charge in [0.05, 0.1) is 6.10 Å². The van der Waals surface area contributed by atoms with Gasteiger partial charge in [0, 0.05) is 4.47 Å². The van der Waals surface area contributed by atoms with Crippen LogP contribution in [0.4, 0.5) is 0 Å². The second-order valence-electron chi connectivity index (χ2n) is 2.65. The molecule has 0 saturated heterocycles. The summed E-state index contributed by atoms with van der Waals surface area (Å²) < 4.78 is 1.05. The Kier molecular flexibility index (Phi) is 3.50. The van der Waals surface area contributed by atoms with Crippen LogP contribution in [0.25, 0.3) is 6.08 Å². The SMILES string of the molecule is CC(O)/C=C/c1cccc(Br)c1. The molecule has 0 aliphatic carbocycles. The van der Waals surface area contributed by atoms with E-state index in [2.05, 4.69) is 15.9 Å². The molecule has 0 spiro atoms. The number of aliphatic hydroxyl groups excluding tert-OH is 1. The standard InChI is InChI=1S/C10H11BrO/c1-8(12)5-6-9-3-2-4-10(11)7-9/h2-8,12H,1H3/b6-5+. The minimum Gasteiger partial charge on any atom is -0.389 e. The lowest BCUT2D eigenvalue weighted by Gasteiger charge is -1.95. The van der Waals surface area contributed by atoms with Crippen LogP contribution < -0.4 is 0 Å². The van der Waals surface area contributed by atoms with E-state index in [4.69, 9.17) is 5.11 Å². The molecule has 1 rings (SSSR count). The van der Waals surface area contributed by atoms with Crippen molar-refractivity contribution >= 4 is 22.0 Å². The minimum atomic E-state index is -0.385. The van der Waals surface area contributed by atoms with Crippen molar-refractivity contribution in [3.8, 4) is 0 Å². The average molecular weight is 227 g/mol. The maximum Gasteiger partial charge on any atom is 0.0696 e.